The molecule has 2 unspecified atom stereocenters. The maximum Gasteiger partial charge on any atom is 0.118 e. The highest BCUT2D eigenvalue weighted by Crippen LogP contribution is 2.34. The van der Waals surface area contributed by atoms with Gasteiger partial charge in [-0.15, -0.1) is 0 Å². The second-order valence-electron chi connectivity index (χ2n) is 6.02. The number of methoxy groups -OCH3 is 1. The average molecular weight is 276 g/mol. The summed E-state index contributed by atoms with van der Waals surface area (Å²) >= 11 is 0. The van der Waals surface area contributed by atoms with Crippen LogP contribution in [-0.2, 0) is 0 Å². The summed E-state index contributed by atoms with van der Waals surface area (Å²) in [6.07, 6.45) is 3.94. The van der Waals surface area contributed by atoms with Crippen molar-refractivity contribution < 1.29 is 4.74 Å². The lowest BCUT2D eigenvalue weighted by molar-refractivity contribution is 0.169. The summed E-state index contributed by atoms with van der Waals surface area (Å²) < 4.78 is 5.25. The van der Waals surface area contributed by atoms with E-state index in [0.29, 0.717) is 6.04 Å². The van der Waals surface area contributed by atoms with Crippen molar-refractivity contribution in [2.45, 2.75) is 45.2 Å². The third-order valence-electron chi connectivity index (χ3n) is 4.05. The van der Waals surface area contributed by atoms with Crippen molar-refractivity contribution in [3.63, 3.8) is 0 Å². The van der Waals surface area contributed by atoms with Crippen LogP contribution >= 0.6 is 0 Å². The lowest BCUT2D eigenvalue weighted by Gasteiger charge is -2.34. The zero-order valence-electron chi connectivity index (χ0n) is 13.0. The van der Waals surface area contributed by atoms with E-state index in [1.54, 1.807) is 7.11 Å². The Balaban J connectivity index is 2.17. The first-order chi connectivity index (χ1) is 9.65. The fraction of sp³-hybridized carbons (Fsp3) is 0.647. The van der Waals surface area contributed by atoms with Crippen LogP contribution in [0.15, 0.2) is 24.3 Å². The molecule has 3 nitrogen and oxygen atoms in total. The zero-order valence-corrected chi connectivity index (χ0v) is 13.0. The molecule has 2 rings (SSSR count). The van der Waals surface area contributed by atoms with Gasteiger partial charge in [0.15, 0.2) is 0 Å². The number of nitrogens with two attached hydrogens (primary N) is 1. The number of ether oxygens (including phenoxy) is 1. The number of rotatable bonds is 8. The first-order valence-electron chi connectivity index (χ1n) is 7.79. The highest BCUT2D eigenvalue weighted by Gasteiger charge is 2.30. The van der Waals surface area contributed by atoms with Crippen molar-refractivity contribution in [3.8, 4) is 5.75 Å². The molecule has 2 N–H and O–H groups in total. The minimum Gasteiger partial charge on any atom is -0.497 e. The van der Waals surface area contributed by atoms with Crippen LogP contribution in [0.25, 0.3) is 0 Å². The van der Waals surface area contributed by atoms with E-state index in [1.807, 2.05) is 12.1 Å². The Morgan fingerprint density at radius 2 is 1.95 bits per heavy atom. The van der Waals surface area contributed by atoms with Gasteiger partial charge in [-0.25, -0.2) is 0 Å². The molecular formula is C17H28N2O. The van der Waals surface area contributed by atoms with Gasteiger partial charge in [-0.1, -0.05) is 19.1 Å². The van der Waals surface area contributed by atoms with Gasteiger partial charge < -0.3 is 10.5 Å². The second-order valence-corrected chi connectivity index (χ2v) is 6.02. The Bertz CT molecular complexity index is 398. The van der Waals surface area contributed by atoms with E-state index in [4.69, 9.17) is 10.5 Å². The second kappa shape index (κ2) is 7.09. The van der Waals surface area contributed by atoms with E-state index in [0.717, 1.165) is 18.2 Å². The Morgan fingerprint density at radius 1 is 1.30 bits per heavy atom. The lowest BCUT2D eigenvalue weighted by atomic mass is 9.98. The minimum atomic E-state index is 0.133. The van der Waals surface area contributed by atoms with Crippen molar-refractivity contribution in [1.29, 1.82) is 0 Å². The smallest absolute Gasteiger partial charge is 0.118 e. The van der Waals surface area contributed by atoms with Crippen molar-refractivity contribution in [1.82, 2.24) is 4.90 Å². The maximum atomic E-state index is 6.29. The molecule has 1 saturated carbocycles. The van der Waals surface area contributed by atoms with Gasteiger partial charge in [0.05, 0.1) is 7.11 Å². The summed E-state index contributed by atoms with van der Waals surface area (Å²) in [5.41, 5.74) is 7.59. The summed E-state index contributed by atoms with van der Waals surface area (Å²) in [5.74, 6) is 1.79. The molecular weight excluding hydrogens is 248 g/mol. The predicted octanol–water partition coefficient (Wildman–Crippen LogP) is 3.21. The molecule has 0 heterocycles. The van der Waals surface area contributed by atoms with Gasteiger partial charge in [0.1, 0.15) is 5.75 Å². The van der Waals surface area contributed by atoms with E-state index in [1.165, 1.54) is 31.4 Å². The van der Waals surface area contributed by atoms with Crippen molar-refractivity contribution in [2.24, 2.45) is 11.7 Å². The Labute approximate surface area is 123 Å². The standard InChI is InChI=1S/C17H28N2O/c1-4-11-19(12-14-5-6-14)17(13(2)18)15-7-9-16(20-3)10-8-15/h7-10,13-14,17H,4-6,11-12,18H2,1-3H3. The zero-order chi connectivity index (χ0) is 14.5. The number of nitrogens with zero attached hydrogens (tertiary/aromatic N) is 1. The van der Waals surface area contributed by atoms with Crippen LogP contribution in [0.5, 0.6) is 5.75 Å². The molecule has 0 aromatic heterocycles. The largest absolute Gasteiger partial charge is 0.497 e. The van der Waals surface area contributed by atoms with E-state index < -0.39 is 0 Å². The summed E-state index contributed by atoms with van der Waals surface area (Å²) in [4.78, 5) is 2.57. The monoisotopic (exact) mass is 276 g/mol. The quantitative estimate of drug-likeness (QED) is 0.792. The van der Waals surface area contributed by atoms with Gasteiger partial charge in [-0.2, -0.15) is 0 Å². The highest BCUT2D eigenvalue weighted by atomic mass is 16.5. The van der Waals surface area contributed by atoms with Crippen molar-refractivity contribution in [2.75, 3.05) is 20.2 Å². The fourth-order valence-corrected chi connectivity index (χ4v) is 2.91. The van der Waals surface area contributed by atoms with E-state index in [9.17, 15) is 0 Å². The van der Waals surface area contributed by atoms with Crippen LogP contribution < -0.4 is 10.5 Å². The molecule has 112 valence electrons. The summed E-state index contributed by atoms with van der Waals surface area (Å²) in [7, 11) is 1.70. The van der Waals surface area contributed by atoms with Crippen LogP contribution in [0.4, 0.5) is 0 Å². The molecule has 1 aromatic rings. The fourth-order valence-electron chi connectivity index (χ4n) is 2.91. The highest BCUT2D eigenvalue weighted by molar-refractivity contribution is 5.30. The Morgan fingerprint density at radius 3 is 2.40 bits per heavy atom. The number of benzene rings is 1. The summed E-state index contributed by atoms with van der Waals surface area (Å²) in [5, 5.41) is 0. The van der Waals surface area contributed by atoms with Crippen LogP contribution in [-0.4, -0.2) is 31.1 Å². The number of hydrogen-bond donors (Lipinski definition) is 1. The molecule has 1 aromatic carbocycles. The van der Waals surface area contributed by atoms with E-state index in [2.05, 4.69) is 30.9 Å². The average Bonchev–Trinajstić information content (AvgIpc) is 3.23. The Kier molecular flexibility index (Phi) is 5.44. The summed E-state index contributed by atoms with van der Waals surface area (Å²) in [6.45, 7) is 6.66. The Hall–Kier alpha value is -1.06. The van der Waals surface area contributed by atoms with Gasteiger partial charge in [0, 0.05) is 18.6 Å². The molecule has 0 amide bonds. The molecule has 20 heavy (non-hydrogen) atoms. The van der Waals surface area contributed by atoms with Gasteiger partial charge in [0.25, 0.3) is 0 Å². The van der Waals surface area contributed by atoms with Crippen LogP contribution in [0.1, 0.15) is 44.7 Å². The molecule has 2 atom stereocenters. The van der Waals surface area contributed by atoms with Crippen LogP contribution in [0.2, 0.25) is 0 Å². The molecule has 0 radical (unpaired) electrons. The molecule has 0 bridgehead atoms. The molecule has 1 aliphatic carbocycles. The molecule has 1 fully saturated rings. The van der Waals surface area contributed by atoms with Gasteiger partial charge in [0.2, 0.25) is 0 Å². The third kappa shape index (κ3) is 3.97. The van der Waals surface area contributed by atoms with Gasteiger partial charge in [-0.05, 0) is 56.3 Å². The van der Waals surface area contributed by atoms with Gasteiger partial charge in [-0.3, -0.25) is 4.90 Å². The first-order valence-corrected chi connectivity index (χ1v) is 7.79. The lowest BCUT2D eigenvalue weighted by Crippen LogP contribution is -2.41. The predicted molar refractivity (Wildman–Crippen MR) is 84.0 cm³/mol. The van der Waals surface area contributed by atoms with Crippen LogP contribution in [0.3, 0.4) is 0 Å². The number of hydrogen-bond acceptors (Lipinski definition) is 3. The van der Waals surface area contributed by atoms with Gasteiger partial charge >= 0.3 is 0 Å². The molecule has 0 saturated heterocycles. The van der Waals surface area contributed by atoms with E-state index >= 15 is 0 Å². The minimum absolute atomic E-state index is 0.133. The van der Waals surface area contributed by atoms with E-state index in [-0.39, 0.29) is 6.04 Å². The maximum absolute atomic E-state index is 6.29. The van der Waals surface area contributed by atoms with Crippen molar-refractivity contribution in [3.05, 3.63) is 29.8 Å². The molecule has 0 aliphatic heterocycles. The summed E-state index contributed by atoms with van der Waals surface area (Å²) in [6, 6.07) is 8.82. The molecule has 1 aliphatic rings. The third-order valence-corrected chi connectivity index (χ3v) is 4.05. The SMILES string of the molecule is CCCN(CC1CC1)C(c1ccc(OC)cc1)C(C)N. The van der Waals surface area contributed by atoms with Crippen LogP contribution in [0, 0.1) is 5.92 Å². The normalized spacial score (nSPS) is 18.1. The topological polar surface area (TPSA) is 38.5 Å². The van der Waals surface area contributed by atoms with Crippen molar-refractivity contribution >= 4 is 0 Å². The molecule has 3 heteroatoms. The molecule has 0 spiro atoms. The first kappa shape index (κ1) is 15.3.